The van der Waals surface area contributed by atoms with Gasteiger partial charge < -0.3 is 5.32 Å². The number of hydrogen-bond acceptors (Lipinski definition) is 1. The Kier molecular flexibility index (Phi) is 5.42. The lowest BCUT2D eigenvalue weighted by atomic mass is 9.77. The van der Waals surface area contributed by atoms with Gasteiger partial charge in [0.1, 0.15) is 5.82 Å². The molecule has 5 heteroatoms. The van der Waals surface area contributed by atoms with Gasteiger partial charge in [0.05, 0.1) is 5.56 Å². The third-order valence-electron chi connectivity index (χ3n) is 4.11. The average Bonchev–Trinajstić information content (AvgIpc) is 2.33. The highest BCUT2D eigenvalue weighted by atomic mass is 19.4. The van der Waals surface area contributed by atoms with Gasteiger partial charge in [-0.05, 0) is 42.5 Å². The summed E-state index contributed by atoms with van der Waals surface area (Å²) in [5.74, 6) is -0.931. The highest BCUT2D eigenvalue weighted by molar-refractivity contribution is 5.29. The van der Waals surface area contributed by atoms with Crippen molar-refractivity contribution < 1.29 is 17.6 Å². The maximum absolute atomic E-state index is 13.3. The van der Waals surface area contributed by atoms with E-state index >= 15 is 0 Å². The zero-order valence-corrected chi connectivity index (χ0v) is 13.1. The summed E-state index contributed by atoms with van der Waals surface area (Å²) in [6.45, 7) is 8.35. The maximum Gasteiger partial charge on any atom is 0.419 e. The third-order valence-corrected chi connectivity index (χ3v) is 4.11. The van der Waals surface area contributed by atoms with E-state index in [4.69, 9.17) is 0 Å². The Hall–Kier alpha value is -1.10. The Morgan fingerprint density at radius 2 is 1.71 bits per heavy atom. The van der Waals surface area contributed by atoms with Crippen LogP contribution in [0.15, 0.2) is 18.2 Å². The molecule has 0 aromatic heterocycles. The summed E-state index contributed by atoms with van der Waals surface area (Å²) in [5, 5.41) is 3.03. The highest BCUT2D eigenvalue weighted by Crippen LogP contribution is 2.36. The molecule has 0 spiro atoms. The SMILES string of the molecule is CNC(CC(C)C(C)(C)C)c1ccc(F)c(C(F)(F)F)c1. The minimum atomic E-state index is -4.67. The largest absolute Gasteiger partial charge is 0.419 e. The van der Waals surface area contributed by atoms with E-state index in [2.05, 4.69) is 33.0 Å². The molecule has 1 N–H and O–H groups in total. The summed E-state index contributed by atoms with van der Waals surface area (Å²) in [4.78, 5) is 0. The molecule has 0 amide bonds. The van der Waals surface area contributed by atoms with Crippen LogP contribution >= 0.6 is 0 Å². The second kappa shape index (κ2) is 6.34. The zero-order valence-electron chi connectivity index (χ0n) is 13.1. The van der Waals surface area contributed by atoms with Gasteiger partial charge in [-0.25, -0.2) is 4.39 Å². The highest BCUT2D eigenvalue weighted by Gasteiger charge is 2.35. The Morgan fingerprint density at radius 3 is 2.14 bits per heavy atom. The fourth-order valence-corrected chi connectivity index (χ4v) is 2.10. The lowest BCUT2D eigenvalue weighted by Gasteiger charge is -2.31. The third kappa shape index (κ3) is 4.70. The molecule has 0 aliphatic carbocycles. The molecule has 1 aromatic rings. The molecule has 0 aliphatic heterocycles. The van der Waals surface area contributed by atoms with Crippen molar-refractivity contribution in [2.24, 2.45) is 11.3 Å². The summed E-state index contributed by atoms with van der Waals surface area (Å²) in [5.41, 5.74) is -0.687. The summed E-state index contributed by atoms with van der Waals surface area (Å²) in [6.07, 6.45) is -3.99. The van der Waals surface area contributed by atoms with E-state index in [0.29, 0.717) is 17.9 Å². The van der Waals surface area contributed by atoms with Crippen molar-refractivity contribution in [2.75, 3.05) is 7.05 Å². The number of alkyl halides is 3. The van der Waals surface area contributed by atoms with Crippen LogP contribution in [0.25, 0.3) is 0 Å². The van der Waals surface area contributed by atoms with Gasteiger partial charge in [-0.2, -0.15) is 13.2 Å². The Balaban J connectivity index is 3.07. The number of benzene rings is 1. The second-order valence-electron chi connectivity index (χ2n) is 6.58. The second-order valence-corrected chi connectivity index (χ2v) is 6.58. The van der Waals surface area contributed by atoms with Crippen LogP contribution in [0, 0.1) is 17.2 Å². The van der Waals surface area contributed by atoms with Crippen LogP contribution in [0.1, 0.15) is 51.3 Å². The van der Waals surface area contributed by atoms with E-state index in [1.807, 2.05) is 0 Å². The molecule has 21 heavy (non-hydrogen) atoms. The molecule has 0 bridgehead atoms. The van der Waals surface area contributed by atoms with E-state index in [0.717, 1.165) is 12.1 Å². The molecule has 1 aromatic carbocycles. The van der Waals surface area contributed by atoms with Crippen molar-refractivity contribution in [1.82, 2.24) is 5.32 Å². The smallest absolute Gasteiger partial charge is 0.313 e. The minimum absolute atomic E-state index is 0.0575. The molecule has 2 atom stereocenters. The summed E-state index contributed by atoms with van der Waals surface area (Å²) < 4.78 is 51.7. The van der Waals surface area contributed by atoms with Crippen molar-refractivity contribution in [3.05, 3.63) is 35.1 Å². The predicted octanol–water partition coefficient (Wildman–Crippen LogP) is 5.18. The van der Waals surface area contributed by atoms with Crippen LogP contribution in [0.3, 0.4) is 0 Å². The van der Waals surface area contributed by atoms with Crippen LogP contribution in [-0.2, 0) is 6.18 Å². The van der Waals surface area contributed by atoms with E-state index in [1.54, 1.807) is 7.05 Å². The zero-order chi connectivity index (χ0) is 16.4. The topological polar surface area (TPSA) is 12.0 Å². The molecular weight excluding hydrogens is 282 g/mol. The summed E-state index contributed by atoms with van der Waals surface area (Å²) >= 11 is 0. The molecule has 120 valence electrons. The lowest BCUT2D eigenvalue weighted by molar-refractivity contribution is -0.140. The Bertz CT molecular complexity index is 474. The van der Waals surface area contributed by atoms with Crippen molar-refractivity contribution in [2.45, 2.75) is 46.3 Å². The lowest BCUT2D eigenvalue weighted by Crippen LogP contribution is -2.25. The van der Waals surface area contributed by atoms with E-state index in [-0.39, 0.29) is 11.5 Å². The standard InChI is InChI=1S/C16H23F4N/c1-10(15(2,3)4)8-14(21-5)11-6-7-13(17)12(9-11)16(18,19)20/h6-7,9-10,14,21H,8H2,1-5H3. The van der Waals surface area contributed by atoms with E-state index < -0.39 is 17.6 Å². The van der Waals surface area contributed by atoms with Gasteiger partial charge in [0, 0.05) is 6.04 Å². The van der Waals surface area contributed by atoms with Crippen molar-refractivity contribution in [3.8, 4) is 0 Å². The van der Waals surface area contributed by atoms with Gasteiger partial charge >= 0.3 is 6.18 Å². The monoisotopic (exact) mass is 305 g/mol. The number of hydrogen-bond donors (Lipinski definition) is 1. The summed E-state index contributed by atoms with van der Waals surface area (Å²) in [6, 6.07) is 2.98. The fourth-order valence-electron chi connectivity index (χ4n) is 2.10. The van der Waals surface area contributed by atoms with Crippen molar-refractivity contribution >= 4 is 0 Å². The molecule has 0 fully saturated rings. The fraction of sp³-hybridized carbons (Fsp3) is 0.625. The van der Waals surface area contributed by atoms with Gasteiger partial charge in [-0.3, -0.25) is 0 Å². The molecule has 0 heterocycles. The van der Waals surface area contributed by atoms with Gasteiger partial charge in [-0.1, -0.05) is 33.8 Å². The first kappa shape index (κ1) is 18.0. The van der Waals surface area contributed by atoms with Gasteiger partial charge in [-0.15, -0.1) is 0 Å². The van der Waals surface area contributed by atoms with E-state index in [1.165, 1.54) is 6.07 Å². The number of rotatable bonds is 4. The molecule has 1 nitrogen and oxygen atoms in total. The molecule has 0 aliphatic rings. The Morgan fingerprint density at radius 1 is 1.14 bits per heavy atom. The number of halogens is 4. The molecule has 0 saturated heterocycles. The van der Waals surface area contributed by atoms with Crippen LogP contribution in [0.4, 0.5) is 17.6 Å². The molecule has 0 radical (unpaired) electrons. The quantitative estimate of drug-likeness (QED) is 0.756. The Labute approximate surface area is 123 Å². The van der Waals surface area contributed by atoms with Crippen molar-refractivity contribution in [1.29, 1.82) is 0 Å². The minimum Gasteiger partial charge on any atom is -0.313 e. The van der Waals surface area contributed by atoms with Gasteiger partial charge in [0.2, 0.25) is 0 Å². The van der Waals surface area contributed by atoms with Gasteiger partial charge in [0.25, 0.3) is 0 Å². The van der Waals surface area contributed by atoms with Crippen LogP contribution < -0.4 is 5.32 Å². The van der Waals surface area contributed by atoms with Crippen LogP contribution in [-0.4, -0.2) is 7.05 Å². The average molecular weight is 305 g/mol. The predicted molar refractivity (Wildman–Crippen MR) is 76.4 cm³/mol. The van der Waals surface area contributed by atoms with Crippen molar-refractivity contribution in [3.63, 3.8) is 0 Å². The van der Waals surface area contributed by atoms with Gasteiger partial charge in [0.15, 0.2) is 0 Å². The molecule has 2 unspecified atom stereocenters. The summed E-state index contributed by atoms with van der Waals surface area (Å²) in [7, 11) is 1.71. The molecular formula is C16H23F4N. The first-order valence-corrected chi connectivity index (χ1v) is 7.00. The normalized spacial score (nSPS) is 15.9. The molecule has 0 saturated carbocycles. The van der Waals surface area contributed by atoms with E-state index in [9.17, 15) is 17.6 Å². The van der Waals surface area contributed by atoms with Crippen LogP contribution in [0.5, 0.6) is 0 Å². The van der Waals surface area contributed by atoms with Crippen LogP contribution in [0.2, 0.25) is 0 Å². The maximum atomic E-state index is 13.3. The first-order chi connectivity index (χ1) is 9.46. The molecule has 1 rings (SSSR count). The number of nitrogens with one attached hydrogen (secondary N) is 1. The first-order valence-electron chi connectivity index (χ1n) is 7.00.